The number of hydrogen-bond acceptors (Lipinski definition) is 4. The molecule has 4 nitrogen and oxygen atoms in total. The van der Waals surface area contributed by atoms with Crippen molar-refractivity contribution >= 4 is 11.4 Å². The Hall–Kier alpha value is -1.76. The molecule has 0 unspecified atom stereocenters. The van der Waals surface area contributed by atoms with Crippen LogP contribution in [-0.2, 0) is 0 Å². The molecule has 0 fully saturated rings. The number of aromatic nitrogens is 1. The lowest BCUT2D eigenvalue weighted by atomic mass is 10.2. The largest absolute Gasteiger partial charge is 0.396 e. The molecule has 0 aromatic carbocycles. The van der Waals surface area contributed by atoms with Crippen LogP contribution in [0.5, 0.6) is 0 Å². The Morgan fingerprint density at radius 2 is 2.31 bits per heavy atom. The topological polar surface area (TPSA) is 65.9 Å². The number of nitrogens with zero attached hydrogens (tertiary/aromatic N) is 3. The number of nitrogen functional groups attached to an aromatic ring is 1. The molecule has 0 spiro atoms. The zero-order valence-corrected chi connectivity index (χ0v) is 9.85. The van der Waals surface area contributed by atoms with Gasteiger partial charge in [0.1, 0.15) is 0 Å². The van der Waals surface area contributed by atoms with Gasteiger partial charge in [-0.25, -0.2) is 0 Å². The minimum absolute atomic E-state index is 0.508. The van der Waals surface area contributed by atoms with Crippen LogP contribution in [0, 0.1) is 17.2 Å². The fraction of sp³-hybridized carbons (Fsp3) is 0.500. The predicted molar refractivity (Wildman–Crippen MR) is 65.9 cm³/mol. The molecule has 86 valence electrons. The summed E-state index contributed by atoms with van der Waals surface area (Å²) >= 11 is 0. The van der Waals surface area contributed by atoms with Crippen LogP contribution in [0.1, 0.15) is 20.3 Å². The average molecular weight is 218 g/mol. The Kier molecular flexibility index (Phi) is 4.59. The molecule has 2 N–H and O–H groups in total. The zero-order chi connectivity index (χ0) is 12.0. The van der Waals surface area contributed by atoms with E-state index in [1.54, 1.807) is 12.4 Å². The standard InChI is InChI=1S/C12H18N4/c1-10(2)9-16(7-3-5-13)12-4-6-15-8-11(12)14/h4,6,8,10H,3,7,9,14H2,1-2H3. The van der Waals surface area contributed by atoms with Crippen LogP contribution in [0.15, 0.2) is 18.5 Å². The summed E-state index contributed by atoms with van der Waals surface area (Å²) in [5, 5.41) is 8.65. The second kappa shape index (κ2) is 5.96. The molecular formula is C12H18N4. The molecule has 0 saturated carbocycles. The highest BCUT2D eigenvalue weighted by Crippen LogP contribution is 2.22. The van der Waals surface area contributed by atoms with Gasteiger partial charge in [-0.15, -0.1) is 0 Å². The number of anilines is 2. The van der Waals surface area contributed by atoms with E-state index in [9.17, 15) is 0 Å². The van der Waals surface area contributed by atoms with Crippen molar-refractivity contribution in [3.63, 3.8) is 0 Å². The van der Waals surface area contributed by atoms with Crippen LogP contribution >= 0.6 is 0 Å². The van der Waals surface area contributed by atoms with E-state index < -0.39 is 0 Å². The van der Waals surface area contributed by atoms with Crippen molar-refractivity contribution in [2.24, 2.45) is 5.92 Å². The first-order valence-electron chi connectivity index (χ1n) is 5.46. The van der Waals surface area contributed by atoms with Crippen molar-refractivity contribution < 1.29 is 0 Å². The Morgan fingerprint density at radius 3 is 2.88 bits per heavy atom. The van der Waals surface area contributed by atoms with Gasteiger partial charge in [-0.2, -0.15) is 5.26 Å². The molecule has 0 aliphatic heterocycles. The van der Waals surface area contributed by atoms with Crippen LogP contribution < -0.4 is 10.6 Å². The summed E-state index contributed by atoms with van der Waals surface area (Å²) in [7, 11) is 0. The van der Waals surface area contributed by atoms with Gasteiger partial charge < -0.3 is 10.6 Å². The first-order valence-corrected chi connectivity index (χ1v) is 5.46. The number of nitriles is 1. The van der Waals surface area contributed by atoms with Crippen molar-refractivity contribution in [1.82, 2.24) is 4.98 Å². The Labute approximate surface area is 96.7 Å². The maximum absolute atomic E-state index is 8.65. The van der Waals surface area contributed by atoms with Crippen LogP contribution in [0.2, 0.25) is 0 Å². The second-order valence-corrected chi connectivity index (χ2v) is 4.18. The summed E-state index contributed by atoms with van der Waals surface area (Å²) in [6.07, 6.45) is 3.88. The Morgan fingerprint density at radius 1 is 1.56 bits per heavy atom. The fourth-order valence-corrected chi connectivity index (χ4v) is 1.62. The molecular weight excluding hydrogens is 200 g/mol. The van der Waals surface area contributed by atoms with Crippen molar-refractivity contribution in [2.75, 3.05) is 23.7 Å². The van der Waals surface area contributed by atoms with Crippen molar-refractivity contribution in [3.8, 4) is 6.07 Å². The SMILES string of the molecule is CC(C)CN(CCC#N)c1ccncc1N. The van der Waals surface area contributed by atoms with Gasteiger partial charge in [0.25, 0.3) is 0 Å². The zero-order valence-electron chi connectivity index (χ0n) is 9.85. The van der Waals surface area contributed by atoms with Crippen LogP contribution in [-0.4, -0.2) is 18.1 Å². The molecule has 0 amide bonds. The number of rotatable bonds is 5. The molecule has 1 aromatic heterocycles. The molecule has 1 aromatic rings. The van der Waals surface area contributed by atoms with Crippen molar-refractivity contribution in [3.05, 3.63) is 18.5 Å². The van der Waals surface area contributed by atoms with Gasteiger partial charge in [0.15, 0.2) is 0 Å². The van der Waals surface area contributed by atoms with Crippen LogP contribution in [0.4, 0.5) is 11.4 Å². The number of pyridine rings is 1. The highest BCUT2D eigenvalue weighted by Gasteiger charge is 2.10. The van der Waals surface area contributed by atoms with Gasteiger partial charge in [0, 0.05) is 19.3 Å². The molecule has 0 aliphatic rings. The quantitative estimate of drug-likeness (QED) is 0.821. The van der Waals surface area contributed by atoms with E-state index in [0.29, 0.717) is 24.6 Å². The first kappa shape index (κ1) is 12.3. The third kappa shape index (κ3) is 3.43. The summed E-state index contributed by atoms with van der Waals surface area (Å²) in [4.78, 5) is 6.11. The summed E-state index contributed by atoms with van der Waals surface area (Å²) < 4.78 is 0. The maximum Gasteiger partial charge on any atom is 0.0738 e. The Bertz CT molecular complexity index is 368. The normalized spacial score (nSPS) is 10.1. The van der Waals surface area contributed by atoms with E-state index in [4.69, 9.17) is 11.0 Å². The molecule has 0 radical (unpaired) electrons. The summed E-state index contributed by atoms with van der Waals surface area (Å²) in [6.45, 7) is 5.91. The molecule has 0 bridgehead atoms. The van der Waals surface area contributed by atoms with Gasteiger partial charge in [0.05, 0.1) is 30.1 Å². The Balaban J connectivity index is 2.83. The van der Waals surface area contributed by atoms with Gasteiger partial charge in [-0.3, -0.25) is 4.98 Å². The average Bonchev–Trinajstić information content (AvgIpc) is 2.24. The minimum atomic E-state index is 0.508. The molecule has 0 atom stereocenters. The molecule has 0 saturated heterocycles. The molecule has 4 heteroatoms. The van der Waals surface area contributed by atoms with Gasteiger partial charge >= 0.3 is 0 Å². The number of nitrogens with two attached hydrogens (primary N) is 1. The summed E-state index contributed by atoms with van der Waals surface area (Å²) in [5.41, 5.74) is 7.52. The lowest BCUT2D eigenvalue weighted by molar-refractivity contribution is 0.612. The van der Waals surface area contributed by atoms with Crippen molar-refractivity contribution in [1.29, 1.82) is 5.26 Å². The fourth-order valence-electron chi connectivity index (χ4n) is 1.62. The first-order chi connectivity index (χ1) is 7.65. The predicted octanol–water partition coefficient (Wildman–Crippen LogP) is 2.04. The number of hydrogen-bond donors (Lipinski definition) is 1. The van der Waals surface area contributed by atoms with Crippen molar-refractivity contribution in [2.45, 2.75) is 20.3 Å². The van der Waals surface area contributed by atoms with Gasteiger partial charge in [-0.1, -0.05) is 13.8 Å². The smallest absolute Gasteiger partial charge is 0.0738 e. The highest BCUT2D eigenvalue weighted by molar-refractivity contribution is 5.65. The third-order valence-corrected chi connectivity index (χ3v) is 2.25. The van der Waals surface area contributed by atoms with Gasteiger partial charge in [-0.05, 0) is 12.0 Å². The molecule has 1 rings (SSSR count). The lowest BCUT2D eigenvalue weighted by Gasteiger charge is -2.26. The van der Waals surface area contributed by atoms with E-state index >= 15 is 0 Å². The second-order valence-electron chi connectivity index (χ2n) is 4.18. The summed E-state index contributed by atoms with van der Waals surface area (Å²) in [5.74, 6) is 0.534. The van der Waals surface area contributed by atoms with E-state index in [-0.39, 0.29) is 0 Å². The van der Waals surface area contributed by atoms with Gasteiger partial charge in [0.2, 0.25) is 0 Å². The third-order valence-electron chi connectivity index (χ3n) is 2.25. The highest BCUT2D eigenvalue weighted by atomic mass is 15.1. The monoisotopic (exact) mass is 218 g/mol. The van der Waals surface area contributed by atoms with Crippen LogP contribution in [0.25, 0.3) is 0 Å². The molecule has 0 aliphatic carbocycles. The maximum atomic E-state index is 8.65. The van der Waals surface area contributed by atoms with E-state index in [0.717, 1.165) is 12.2 Å². The van der Waals surface area contributed by atoms with E-state index in [1.807, 2.05) is 6.07 Å². The van der Waals surface area contributed by atoms with Crippen LogP contribution in [0.3, 0.4) is 0 Å². The van der Waals surface area contributed by atoms with E-state index in [2.05, 4.69) is 29.8 Å². The molecule has 1 heterocycles. The lowest BCUT2D eigenvalue weighted by Crippen LogP contribution is -2.29. The van der Waals surface area contributed by atoms with E-state index in [1.165, 1.54) is 0 Å². The summed E-state index contributed by atoms with van der Waals surface area (Å²) in [6, 6.07) is 4.06. The minimum Gasteiger partial charge on any atom is -0.396 e. The molecule has 16 heavy (non-hydrogen) atoms.